The average molecular weight is 309 g/mol. The van der Waals surface area contributed by atoms with Gasteiger partial charge >= 0.3 is 0 Å². The van der Waals surface area contributed by atoms with E-state index in [1.165, 1.54) is 17.9 Å². The van der Waals surface area contributed by atoms with Crippen molar-refractivity contribution >= 4 is 21.6 Å². The Bertz CT molecular complexity index is 485. The summed E-state index contributed by atoms with van der Waals surface area (Å²) in [7, 11) is 0. The second-order valence-electron chi connectivity index (χ2n) is 5.33. The molecule has 1 saturated carbocycles. The predicted molar refractivity (Wildman–Crippen MR) is 74.8 cm³/mol. The Hall–Kier alpha value is -0.710. The molecular formula is C14H17BrN2O. The van der Waals surface area contributed by atoms with Gasteiger partial charge < -0.3 is 5.21 Å². The molecule has 18 heavy (non-hydrogen) atoms. The SMILES string of the molecule is C[C@@]12CCCCC1=N[C@@H](c1ccc(Br)cc1)N2O. The number of hydroxylamine groups is 2. The van der Waals surface area contributed by atoms with Crippen LogP contribution in [0.3, 0.4) is 0 Å². The standard InChI is InChI=1S/C14H17BrN2O/c1-14-9-3-2-4-12(14)16-13(17(14)18)10-5-7-11(15)8-6-10/h5-8,13,18H,2-4,9H2,1H3/t13-,14-/m1/s1. The summed E-state index contributed by atoms with van der Waals surface area (Å²) in [6.07, 6.45) is 4.13. The predicted octanol–water partition coefficient (Wildman–Crippen LogP) is 3.93. The highest BCUT2D eigenvalue weighted by molar-refractivity contribution is 9.10. The summed E-state index contributed by atoms with van der Waals surface area (Å²) in [5.74, 6) is 0. The molecule has 0 aromatic heterocycles. The van der Waals surface area contributed by atoms with Crippen LogP contribution in [0.1, 0.15) is 44.3 Å². The van der Waals surface area contributed by atoms with Crippen LogP contribution in [0.25, 0.3) is 0 Å². The quantitative estimate of drug-likeness (QED) is 0.853. The summed E-state index contributed by atoms with van der Waals surface area (Å²) < 4.78 is 1.05. The molecule has 0 spiro atoms. The molecule has 0 amide bonds. The maximum Gasteiger partial charge on any atom is 0.151 e. The van der Waals surface area contributed by atoms with E-state index >= 15 is 0 Å². The van der Waals surface area contributed by atoms with E-state index in [9.17, 15) is 5.21 Å². The van der Waals surface area contributed by atoms with Crippen molar-refractivity contribution in [2.24, 2.45) is 4.99 Å². The normalized spacial score (nSPS) is 32.2. The molecule has 1 N–H and O–H groups in total. The second-order valence-corrected chi connectivity index (χ2v) is 6.24. The Kier molecular flexibility index (Phi) is 3.04. The number of rotatable bonds is 1. The lowest BCUT2D eigenvalue weighted by Crippen LogP contribution is -2.48. The van der Waals surface area contributed by atoms with Gasteiger partial charge in [-0.1, -0.05) is 34.5 Å². The molecule has 0 radical (unpaired) electrons. The van der Waals surface area contributed by atoms with Crippen molar-refractivity contribution in [2.75, 3.05) is 0 Å². The van der Waals surface area contributed by atoms with Crippen LogP contribution in [-0.2, 0) is 0 Å². The van der Waals surface area contributed by atoms with Gasteiger partial charge in [0.2, 0.25) is 0 Å². The number of hydrogen-bond acceptors (Lipinski definition) is 3. The van der Waals surface area contributed by atoms with E-state index in [0.717, 1.165) is 28.6 Å². The molecule has 1 aromatic rings. The van der Waals surface area contributed by atoms with E-state index in [-0.39, 0.29) is 11.7 Å². The zero-order valence-electron chi connectivity index (χ0n) is 10.4. The van der Waals surface area contributed by atoms with Gasteiger partial charge in [0.25, 0.3) is 0 Å². The third-order valence-electron chi connectivity index (χ3n) is 4.13. The maximum atomic E-state index is 10.5. The van der Waals surface area contributed by atoms with Gasteiger partial charge in [0.1, 0.15) is 0 Å². The van der Waals surface area contributed by atoms with Gasteiger partial charge in [-0.2, -0.15) is 5.06 Å². The van der Waals surface area contributed by atoms with Gasteiger partial charge in [0, 0.05) is 10.2 Å². The Morgan fingerprint density at radius 3 is 2.72 bits per heavy atom. The Labute approximate surface area is 116 Å². The fourth-order valence-corrected chi connectivity index (χ4v) is 3.21. The van der Waals surface area contributed by atoms with Crippen molar-refractivity contribution < 1.29 is 5.21 Å². The van der Waals surface area contributed by atoms with Crippen LogP contribution < -0.4 is 0 Å². The molecule has 1 aliphatic heterocycles. The molecule has 0 unspecified atom stereocenters. The first-order valence-corrected chi connectivity index (χ1v) is 7.21. The van der Waals surface area contributed by atoms with Gasteiger partial charge in [-0.25, -0.2) is 0 Å². The molecule has 3 nitrogen and oxygen atoms in total. The van der Waals surface area contributed by atoms with Crippen molar-refractivity contribution in [1.29, 1.82) is 0 Å². The van der Waals surface area contributed by atoms with Crippen LogP contribution in [0.4, 0.5) is 0 Å². The van der Waals surface area contributed by atoms with Gasteiger partial charge in [0.05, 0.1) is 5.54 Å². The number of aliphatic imine (C=N–C) groups is 1. The van der Waals surface area contributed by atoms with E-state index in [0.29, 0.717) is 0 Å². The third-order valence-corrected chi connectivity index (χ3v) is 4.66. The first kappa shape index (κ1) is 12.3. The van der Waals surface area contributed by atoms with Crippen LogP contribution in [0, 0.1) is 0 Å². The van der Waals surface area contributed by atoms with Crippen LogP contribution in [0.2, 0.25) is 0 Å². The lowest BCUT2D eigenvalue weighted by molar-refractivity contribution is -0.168. The lowest BCUT2D eigenvalue weighted by Gasteiger charge is -2.36. The number of fused-ring (bicyclic) bond motifs is 1. The molecule has 96 valence electrons. The monoisotopic (exact) mass is 308 g/mol. The van der Waals surface area contributed by atoms with E-state index in [1.807, 2.05) is 24.3 Å². The average Bonchev–Trinajstić information content (AvgIpc) is 2.64. The van der Waals surface area contributed by atoms with E-state index in [4.69, 9.17) is 4.99 Å². The zero-order valence-corrected chi connectivity index (χ0v) is 12.0. The van der Waals surface area contributed by atoms with Crippen LogP contribution in [0.15, 0.2) is 33.7 Å². The number of halogens is 1. The fourth-order valence-electron chi connectivity index (χ4n) is 2.95. The molecule has 0 bridgehead atoms. The topological polar surface area (TPSA) is 35.8 Å². The van der Waals surface area contributed by atoms with Crippen molar-refractivity contribution in [3.8, 4) is 0 Å². The van der Waals surface area contributed by atoms with Crippen molar-refractivity contribution in [3.05, 3.63) is 34.3 Å². The molecular weight excluding hydrogens is 292 g/mol. The summed E-state index contributed by atoms with van der Waals surface area (Å²) in [5, 5.41) is 11.9. The summed E-state index contributed by atoms with van der Waals surface area (Å²) in [6, 6.07) is 8.02. The van der Waals surface area contributed by atoms with Gasteiger partial charge in [0.15, 0.2) is 6.17 Å². The van der Waals surface area contributed by atoms with E-state index in [1.54, 1.807) is 0 Å². The Morgan fingerprint density at radius 1 is 1.33 bits per heavy atom. The van der Waals surface area contributed by atoms with Crippen molar-refractivity contribution in [1.82, 2.24) is 5.06 Å². The molecule has 1 aromatic carbocycles. The minimum Gasteiger partial charge on any atom is -0.311 e. The summed E-state index contributed by atoms with van der Waals surface area (Å²) >= 11 is 3.43. The van der Waals surface area contributed by atoms with Crippen molar-refractivity contribution in [3.63, 3.8) is 0 Å². The molecule has 1 fully saturated rings. The van der Waals surface area contributed by atoms with Gasteiger partial charge in [-0.15, -0.1) is 0 Å². The number of nitrogens with zero attached hydrogens (tertiary/aromatic N) is 2. The molecule has 0 saturated heterocycles. The molecule has 4 heteroatoms. The first-order valence-electron chi connectivity index (χ1n) is 6.42. The molecule has 1 aliphatic carbocycles. The van der Waals surface area contributed by atoms with Gasteiger partial charge in [-0.05, 0) is 43.9 Å². The van der Waals surface area contributed by atoms with Crippen LogP contribution in [-0.4, -0.2) is 21.5 Å². The van der Waals surface area contributed by atoms with E-state index < -0.39 is 0 Å². The number of hydrogen-bond donors (Lipinski definition) is 1. The maximum absolute atomic E-state index is 10.5. The minimum absolute atomic E-state index is 0.240. The Balaban J connectivity index is 1.95. The first-order chi connectivity index (χ1) is 8.61. The summed E-state index contributed by atoms with van der Waals surface area (Å²) in [6.45, 7) is 2.10. The fraction of sp³-hybridized carbons (Fsp3) is 0.500. The Morgan fingerprint density at radius 2 is 2.06 bits per heavy atom. The molecule has 1 heterocycles. The highest BCUT2D eigenvalue weighted by Gasteiger charge is 2.47. The smallest absolute Gasteiger partial charge is 0.151 e. The minimum atomic E-state index is -0.254. The molecule has 2 atom stereocenters. The highest BCUT2D eigenvalue weighted by atomic mass is 79.9. The zero-order chi connectivity index (χ0) is 12.8. The van der Waals surface area contributed by atoms with Crippen molar-refractivity contribution in [2.45, 2.75) is 44.3 Å². The van der Waals surface area contributed by atoms with E-state index in [2.05, 4.69) is 22.9 Å². The second kappa shape index (κ2) is 4.44. The molecule has 2 aliphatic rings. The van der Waals surface area contributed by atoms with Crippen LogP contribution in [0.5, 0.6) is 0 Å². The highest BCUT2D eigenvalue weighted by Crippen LogP contribution is 2.42. The number of benzene rings is 1. The van der Waals surface area contributed by atoms with Gasteiger partial charge in [-0.3, -0.25) is 4.99 Å². The summed E-state index contributed by atoms with van der Waals surface area (Å²) in [5.41, 5.74) is 1.95. The van der Waals surface area contributed by atoms with Crippen LogP contribution >= 0.6 is 15.9 Å². The molecule has 3 rings (SSSR count). The third kappa shape index (κ3) is 1.83. The largest absolute Gasteiger partial charge is 0.311 e. The summed E-state index contributed by atoms with van der Waals surface area (Å²) in [4.78, 5) is 4.74. The lowest BCUT2D eigenvalue weighted by atomic mass is 9.82.